The van der Waals surface area contributed by atoms with Crippen molar-refractivity contribution in [2.45, 2.75) is 20.3 Å². The molecule has 0 unspecified atom stereocenters. The van der Waals surface area contributed by atoms with Crippen LogP contribution in [0.25, 0.3) is 11.4 Å². The lowest BCUT2D eigenvalue weighted by molar-refractivity contribution is 0.0963. The van der Waals surface area contributed by atoms with E-state index in [4.69, 9.17) is 0 Å². The van der Waals surface area contributed by atoms with E-state index < -0.39 is 0 Å². The Morgan fingerprint density at radius 3 is 2.59 bits per heavy atom. The highest BCUT2D eigenvalue weighted by atomic mass is 16.1. The van der Waals surface area contributed by atoms with Crippen molar-refractivity contribution in [3.8, 4) is 11.4 Å². The minimum absolute atomic E-state index is 0.0749. The first-order chi connectivity index (χ1) is 13.1. The van der Waals surface area contributed by atoms with Gasteiger partial charge in [-0.2, -0.15) is 0 Å². The molecule has 0 saturated heterocycles. The summed E-state index contributed by atoms with van der Waals surface area (Å²) in [6, 6.07) is 11.5. The van der Waals surface area contributed by atoms with Gasteiger partial charge in [0.25, 0.3) is 5.91 Å². The minimum Gasteiger partial charge on any atom is -0.369 e. The van der Waals surface area contributed by atoms with Crippen LogP contribution >= 0.6 is 0 Å². The van der Waals surface area contributed by atoms with Gasteiger partial charge in [0, 0.05) is 48.4 Å². The van der Waals surface area contributed by atoms with Gasteiger partial charge in [0.1, 0.15) is 5.82 Å². The molecule has 0 aliphatic carbocycles. The van der Waals surface area contributed by atoms with E-state index in [9.17, 15) is 4.79 Å². The first-order valence-corrected chi connectivity index (χ1v) is 8.89. The molecule has 0 fully saturated rings. The first-order valence-electron chi connectivity index (χ1n) is 8.89. The molecule has 2 aromatic heterocycles. The number of anilines is 1. The van der Waals surface area contributed by atoms with Crippen LogP contribution in [0.15, 0.2) is 48.8 Å². The van der Waals surface area contributed by atoms with E-state index in [1.807, 2.05) is 50.2 Å². The molecule has 3 aromatic rings. The number of carbonyl (C=O) groups is 1. The zero-order valence-electron chi connectivity index (χ0n) is 15.8. The van der Waals surface area contributed by atoms with Gasteiger partial charge in [-0.05, 0) is 50.1 Å². The Balaban J connectivity index is 1.73. The summed E-state index contributed by atoms with van der Waals surface area (Å²) < 4.78 is 0. The number of benzene rings is 1. The molecule has 6 nitrogen and oxygen atoms in total. The zero-order valence-corrected chi connectivity index (χ0v) is 15.8. The number of nitrogens with one attached hydrogen (secondary N) is 2. The monoisotopic (exact) mass is 361 g/mol. The minimum atomic E-state index is -0.0749. The second kappa shape index (κ2) is 8.40. The second-order valence-electron chi connectivity index (χ2n) is 6.30. The van der Waals surface area contributed by atoms with Gasteiger partial charge in [-0.3, -0.25) is 9.78 Å². The molecular weight excluding hydrogens is 338 g/mol. The maximum absolute atomic E-state index is 11.8. The van der Waals surface area contributed by atoms with Gasteiger partial charge in [0.05, 0.1) is 0 Å². The van der Waals surface area contributed by atoms with Crippen molar-refractivity contribution < 1.29 is 4.79 Å². The summed E-state index contributed by atoms with van der Waals surface area (Å²) in [6.07, 6.45) is 4.26. The van der Waals surface area contributed by atoms with Crippen LogP contribution in [-0.2, 0) is 6.42 Å². The molecule has 0 bridgehead atoms. The Kier molecular flexibility index (Phi) is 5.76. The molecule has 1 amide bonds. The molecule has 0 atom stereocenters. The summed E-state index contributed by atoms with van der Waals surface area (Å²) in [5.74, 6) is 1.44. The maximum atomic E-state index is 11.8. The molecule has 27 heavy (non-hydrogen) atoms. The van der Waals surface area contributed by atoms with Crippen LogP contribution in [0.2, 0.25) is 0 Å². The lowest BCUT2D eigenvalue weighted by Crippen LogP contribution is -2.18. The third-order valence-electron chi connectivity index (χ3n) is 4.45. The predicted molar refractivity (Wildman–Crippen MR) is 107 cm³/mol. The molecule has 0 radical (unpaired) electrons. The quantitative estimate of drug-likeness (QED) is 0.705. The van der Waals surface area contributed by atoms with Crippen molar-refractivity contribution in [3.63, 3.8) is 0 Å². The fourth-order valence-corrected chi connectivity index (χ4v) is 2.77. The number of amides is 1. The summed E-state index contributed by atoms with van der Waals surface area (Å²) in [6.45, 7) is 4.71. The molecule has 0 saturated carbocycles. The van der Waals surface area contributed by atoms with E-state index in [1.54, 1.807) is 19.4 Å². The van der Waals surface area contributed by atoms with Crippen molar-refractivity contribution >= 4 is 11.7 Å². The molecule has 0 spiro atoms. The van der Waals surface area contributed by atoms with Gasteiger partial charge < -0.3 is 10.6 Å². The van der Waals surface area contributed by atoms with Crippen LogP contribution in [0.4, 0.5) is 5.82 Å². The average Bonchev–Trinajstić information content (AvgIpc) is 2.71. The van der Waals surface area contributed by atoms with Gasteiger partial charge in [-0.25, -0.2) is 9.97 Å². The average molecular weight is 361 g/mol. The number of nitrogens with zero attached hydrogens (tertiary/aromatic N) is 3. The number of hydrogen-bond donors (Lipinski definition) is 2. The molecule has 0 aliphatic rings. The third kappa shape index (κ3) is 4.47. The molecule has 138 valence electrons. The number of aryl methyl sites for hydroxylation is 1. The molecule has 3 rings (SSSR count). The van der Waals surface area contributed by atoms with Gasteiger partial charge in [-0.15, -0.1) is 0 Å². The van der Waals surface area contributed by atoms with Crippen LogP contribution in [0.3, 0.4) is 0 Å². The molecule has 2 N–H and O–H groups in total. The fourth-order valence-electron chi connectivity index (χ4n) is 2.77. The summed E-state index contributed by atoms with van der Waals surface area (Å²) >= 11 is 0. The van der Waals surface area contributed by atoms with E-state index in [1.165, 1.54) is 0 Å². The summed E-state index contributed by atoms with van der Waals surface area (Å²) in [7, 11) is 1.64. The van der Waals surface area contributed by atoms with E-state index >= 15 is 0 Å². The van der Waals surface area contributed by atoms with E-state index in [0.717, 1.165) is 34.6 Å². The van der Waals surface area contributed by atoms with Crippen LogP contribution < -0.4 is 10.6 Å². The lowest BCUT2D eigenvalue weighted by atomic mass is 10.1. The third-order valence-corrected chi connectivity index (χ3v) is 4.45. The van der Waals surface area contributed by atoms with Crippen LogP contribution in [0, 0.1) is 13.8 Å². The Hall–Kier alpha value is -3.28. The van der Waals surface area contributed by atoms with E-state index in [-0.39, 0.29) is 5.91 Å². The van der Waals surface area contributed by atoms with Crippen molar-refractivity contribution in [1.82, 2.24) is 20.3 Å². The maximum Gasteiger partial charge on any atom is 0.251 e. The Labute approximate surface area is 159 Å². The van der Waals surface area contributed by atoms with Crippen molar-refractivity contribution in [2.24, 2.45) is 0 Å². The standard InChI is InChI=1S/C21H23N5O/c1-14-15(2)25-20(17-8-10-23-11-9-17)26-19(14)24-12-7-16-5-4-6-18(13-16)21(27)22-3/h4-6,8-11,13H,7,12H2,1-3H3,(H,22,27)(H,24,25,26). The molecule has 2 heterocycles. The number of hydrogen-bond acceptors (Lipinski definition) is 5. The smallest absolute Gasteiger partial charge is 0.251 e. The summed E-state index contributed by atoms with van der Waals surface area (Å²) in [5, 5.41) is 6.06. The topological polar surface area (TPSA) is 79.8 Å². The Bertz CT molecular complexity index is 941. The normalized spacial score (nSPS) is 10.5. The van der Waals surface area contributed by atoms with Crippen molar-refractivity contribution in [3.05, 3.63) is 71.2 Å². The van der Waals surface area contributed by atoms with Crippen molar-refractivity contribution in [2.75, 3.05) is 18.9 Å². The highest BCUT2D eigenvalue weighted by molar-refractivity contribution is 5.94. The molecule has 6 heteroatoms. The summed E-state index contributed by atoms with van der Waals surface area (Å²) in [5.41, 5.74) is 4.69. The van der Waals surface area contributed by atoms with Crippen LogP contribution in [0.5, 0.6) is 0 Å². The van der Waals surface area contributed by atoms with Gasteiger partial charge in [0.2, 0.25) is 0 Å². The highest BCUT2D eigenvalue weighted by Crippen LogP contribution is 2.21. The van der Waals surface area contributed by atoms with Crippen LogP contribution in [-0.4, -0.2) is 34.5 Å². The Morgan fingerprint density at radius 1 is 1.07 bits per heavy atom. The number of pyridine rings is 1. The zero-order chi connectivity index (χ0) is 19.2. The van der Waals surface area contributed by atoms with E-state index in [0.29, 0.717) is 17.9 Å². The van der Waals surface area contributed by atoms with Crippen LogP contribution in [0.1, 0.15) is 27.2 Å². The summed E-state index contributed by atoms with van der Waals surface area (Å²) in [4.78, 5) is 25.1. The van der Waals surface area contributed by atoms with Gasteiger partial charge >= 0.3 is 0 Å². The predicted octanol–water partition coefficient (Wildman–Crippen LogP) is 3.17. The lowest BCUT2D eigenvalue weighted by Gasteiger charge is -2.13. The molecule has 1 aromatic carbocycles. The first kappa shape index (κ1) is 18.5. The number of aromatic nitrogens is 3. The Morgan fingerprint density at radius 2 is 1.85 bits per heavy atom. The number of carbonyl (C=O) groups excluding carboxylic acids is 1. The second-order valence-corrected chi connectivity index (χ2v) is 6.30. The largest absolute Gasteiger partial charge is 0.369 e. The fraction of sp³-hybridized carbons (Fsp3) is 0.238. The SMILES string of the molecule is CNC(=O)c1cccc(CCNc2nc(-c3ccncc3)nc(C)c2C)c1. The van der Waals surface area contributed by atoms with E-state index in [2.05, 4.69) is 25.6 Å². The molecular formula is C21H23N5O. The highest BCUT2D eigenvalue weighted by Gasteiger charge is 2.10. The van der Waals surface area contributed by atoms with Gasteiger partial charge in [0.15, 0.2) is 5.82 Å². The van der Waals surface area contributed by atoms with Crippen molar-refractivity contribution in [1.29, 1.82) is 0 Å². The molecule has 0 aliphatic heterocycles. The van der Waals surface area contributed by atoms with Gasteiger partial charge in [-0.1, -0.05) is 12.1 Å². The number of rotatable bonds is 6.